The first kappa shape index (κ1) is 22.1. The Morgan fingerprint density at radius 2 is 1.91 bits per heavy atom. The van der Waals surface area contributed by atoms with Gasteiger partial charge in [0.05, 0.1) is 31.0 Å². The summed E-state index contributed by atoms with van der Waals surface area (Å²) in [7, 11) is 0. The predicted molar refractivity (Wildman–Crippen MR) is 119 cm³/mol. The molecule has 5 rings (SSSR count). The van der Waals surface area contributed by atoms with E-state index in [0.29, 0.717) is 13.1 Å². The number of morpholine rings is 1. The number of benzene rings is 1. The monoisotopic (exact) mass is 458 g/mol. The van der Waals surface area contributed by atoms with Crippen molar-refractivity contribution in [2.45, 2.75) is 51.0 Å². The zero-order valence-electron chi connectivity index (χ0n) is 18.8. The van der Waals surface area contributed by atoms with Crippen molar-refractivity contribution in [2.75, 3.05) is 36.0 Å². The van der Waals surface area contributed by atoms with Crippen molar-refractivity contribution in [1.82, 2.24) is 10.6 Å². The van der Waals surface area contributed by atoms with Gasteiger partial charge in [-0.2, -0.15) is 0 Å². The number of hydrogen-bond donors (Lipinski definition) is 4. The Morgan fingerprint density at radius 3 is 2.61 bits per heavy atom. The van der Waals surface area contributed by atoms with Crippen molar-refractivity contribution < 1.29 is 29.3 Å². The van der Waals surface area contributed by atoms with E-state index in [0.717, 1.165) is 29.9 Å². The molecular formula is C23H30N4O6. The quantitative estimate of drug-likeness (QED) is 0.457. The molecule has 0 aliphatic carbocycles. The molecule has 4 heterocycles. The van der Waals surface area contributed by atoms with Crippen LogP contribution in [0.5, 0.6) is 0 Å². The molecule has 3 saturated heterocycles. The number of carbonyl (C=O) groups is 3. The molecule has 0 saturated carbocycles. The van der Waals surface area contributed by atoms with E-state index in [2.05, 4.69) is 20.4 Å². The van der Waals surface area contributed by atoms with Crippen LogP contribution in [0, 0.1) is 11.3 Å². The molecule has 0 bridgehead atoms. The minimum Gasteiger partial charge on any atom is -0.394 e. The van der Waals surface area contributed by atoms with E-state index in [9.17, 15) is 24.6 Å². The van der Waals surface area contributed by atoms with Crippen LogP contribution in [0.25, 0.3) is 0 Å². The molecule has 0 radical (unpaired) electrons. The third-order valence-corrected chi connectivity index (χ3v) is 7.61. The fourth-order valence-electron chi connectivity index (χ4n) is 6.12. The third kappa shape index (κ3) is 3.39. The summed E-state index contributed by atoms with van der Waals surface area (Å²) in [6.07, 6.45) is -0.308. The van der Waals surface area contributed by atoms with Crippen molar-refractivity contribution in [3.63, 3.8) is 0 Å². The predicted octanol–water partition coefficient (Wildman–Crippen LogP) is -0.243. The average molecular weight is 459 g/mol. The van der Waals surface area contributed by atoms with Crippen molar-refractivity contribution in [2.24, 2.45) is 11.3 Å². The maximum absolute atomic E-state index is 13.2. The number of amides is 4. The lowest BCUT2D eigenvalue weighted by Gasteiger charge is -2.55. The van der Waals surface area contributed by atoms with Crippen LogP contribution >= 0.6 is 0 Å². The number of fused-ring (bicyclic) bond motifs is 4. The molecule has 4 amide bonds. The van der Waals surface area contributed by atoms with Crippen LogP contribution in [0.4, 0.5) is 16.2 Å². The molecule has 10 nitrogen and oxygen atoms in total. The Labute approximate surface area is 191 Å². The topological polar surface area (TPSA) is 131 Å². The Bertz CT molecular complexity index is 979. The van der Waals surface area contributed by atoms with E-state index in [1.54, 1.807) is 0 Å². The smallest absolute Gasteiger partial charge is 0.328 e. The molecule has 10 heteroatoms. The molecule has 178 valence electrons. The molecule has 4 aliphatic heterocycles. The highest BCUT2D eigenvalue weighted by molar-refractivity contribution is 6.20. The van der Waals surface area contributed by atoms with E-state index in [4.69, 9.17) is 4.74 Å². The summed E-state index contributed by atoms with van der Waals surface area (Å²) in [4.78, 5) is 42.5. The van der Waals surface area contributed by atoms with E-state index >= 15 is 0 Å². The Hall–Kier alpha value is -2.69. The molecule has 2 unspecified atom stereocenters. The van der Waals surface area contributed by atoms with Gasteiger partial charge in [-0.15, -0.1) is 0 Å². The van der Waals surface area contributed by atoms with Gasteiger partial charge in [0.25, 0.3) is 0 Å². The summed E-state index contributed by atoms with van der Waals surface area (Å²) < 4.78 is 6.03. The standard InChI is InChI=1S/C23H30N4O6/c1-12-9-27-17-4-3-16(26-6-5-14(10-26)18(29)11-28)7-15(17)8-23(19(27)13(2)33-12)20(30)24-22(32)25-21(23)31/h3-4,7,12-14,18-19,28-29H,5-6,8-11H2,1-2H3,(H2,24,25,30,31,32)/t12-,13+,14?,18?,19-/m1/s1. The summed E-state index contributed by atoms with van der Waals surface area (Å²) in [5.41, 5.74) is 1.27. The fraction of sp³-hybridized carbons (Fsp3) is 0.609. The summed E-state index contributed by atoms with van der Waals surface area (Å²) in [6, 6.07) is 4.70. The van der Waals surface area contributed by atoms with Crippen LogP contribution in [0.1, 0.15) is 25.8 Å². The third-order valence-electron chi connectivity index (χ3n) is 7.61. The van der Waals surface area contributed by atoms with Gasteiger partial charge in [-0.25, -0.2) is 4.79 Å². The zero-order valence-corrected chi connectivity index (χ0v) is 18.8. The molecule has 4 N–H and O–H groups in total. The van der Waals surface area contributed by atoms with Gasteiger partial charge in [-0.3, -0.25) is 20.2 Å². The lowest BCUT2D eigenvalue weighted by atomic mass is 9.66. The highest BCUT2D eigenvalue weighted by atomic mass is 16.5. The van der Waals surface area contributed by atoms with Crippen LogP contribution in [-0.2, 0) is 20.7 Å². The summed E-state index contributed by atoms with van der Waals surface area (Å²) in [5, 5.41) is 23.9. The largest absolute Gasteiger partial charge is 0.394 e. The molecule has 1 aromatic carbocycles. The maximum Gasteiger partial charge on any atom is 0.328 e. The first-order valence-electron chi connectivity index (χ1n) is 11.5. The lowest BCUT2D eigenvalue weighted by molar-refractivity contribution is -0.153. The van der Waals surface area contributed by atoms with Gasteiger partial charge in [-0.05, 0) is 50.5 Å². The highest BCUT2D eigenvalue weighted by Gasteiger charge is 2.62. The van der Waals surface area contributed by atoms with Crippen molar-refractivity contribution in [3.8, 4) is 0 Å². The summed E-state index contributed by atoms with van der Waals surface area (Å²) in [5.74, 6) is -1.21. The second-order valence-corrected chi connectivity index (χ2v) is 9.69. The molecule has 4 aliphatic rings. The average Bonchev–Trinajstić information content (AvgIpc) is 3.26. The Kier molecular flexibility index (Phi) is 5.34. The van der Waals surface area contributed by atoms with Crippen LogP contribution in [0.2, 0.25) is 0 Å². The van der Waals surface area contributed by atoms with E-state index < -0.39 is 41.5 Å². The van der Waals surface area contributed by atoms with Gasteiger partial charge in [0, 0.05) is 36.9 Å². The Balaban J connectivity index is 1.55. The first-order chi connectivity index (χ1) is 15.7. The molecular weight excluding hydrogens is 428 g/mol. The normalized spacial score (nSPS) is 31.7. The van der Waals surface area contributed by atoms with Crippen LogP contribution < -0.4 is 20.4 Å². The zero-order chi connectivity index (χ0) is 23.5. The summed E-state index contributed by atoms with van der Waals surface area (Å²) in [6.45, 7) is 5.45. The van der Waals surface area contributed by atoms with Gasteiger partial charge < -0.3 is 24.7 Å². The molecule has 1 aromatic rings. The second kappa shape index (κ2) is 7.96. The lowest BCUT2D eigenvalue weighted by Crippen LogP contribution is -2.75. The van der Waals surface area contributed by atoms with Crippen LogP contribution in [-0.4, -0.2) is 78.7 Å². The number of hydrogen-bond acceptors (Lipinski definition) is 8. The van der Waals surface area contributed by atoms with Gasteiger partial charge in [0.1, 0.15) is 0 Å². The van der Waals surface area contributed by atoms with Crippen LogP contribution in [0.3, 0.4) is 0 Å². The number of barbiturate groups is 1. The highest BCUT2D eigenvalue weighted by Crippen LogP contribution is 2.47. The Morgan fingerprint density at radius 1 is 1.18 bits per heavy atom. The SMILES string of the molecule is C[C@@H]1CN2c3ccc(N4CCC(C(O)CO)C4)cc3CC3(C(=O)NC(=O)NC3=O)[C@H]2[C@H](C)O1. The van der Waals surface area contributed by atoms with Crippen molar-refractivity contribution in [1.29, 1.82) is 0 Å². The molecule has 0 aromatic heterocycles. The van der Waals surface area contributed by atoms with Gasteiger partial charge in [0.15, 0.2) is 5.41 Å². The number of urea groups is 1. The second-order valence-electron chi connectivity index (χ2n) is 9.69. The molecule has 3 fully saturated rings. The molecule has 33 heavy (non-hydrogen) atoms. The number of nitrogens with one attached hydrogen (secondary N) is 2. The van der Waals surface area contributed by atoms with Gasteiger partial charge >= 0.3 is 6.03 Å². The van der Waals surface area contributed by atoms with Crippen molar-refractivity contribution in [3.05, 3.63) is 23.8 Å². The van der Waals surface area contributed by atoms with Gasteiger partial charge in [0.2, 0.25) is 11.8 Å². The fourth-order valence-corrected chi connectivity index (χ4v) is 6.12. The number of rotatable bonds is 3. The summed E-state index contributed by atoms with van der Waals surface area (Å²) >= 11 is 0. The van der Waals surface area contributed by atoms with Crippen LogP contribution in [0.15, 0.2) is 18.2 Å². The minimum atomic E-state index is -1.49. The number of aliphatic hydroxyl groups excluding tert-OH is 2. The minimum absolute atomic E-state index is 0.0105. The van der Waals surface area contributed by atoms with E-state index in [-0.39, 0.29) is 25.0 Å². The molecule has 1 spiro atoms. The first-order valence-corrected chi connectivity index (χ1v) is 11.5. The van der Waals surface area contributed by atoms with E-state index in [1.807, 2.05) is 32.0 Å². The van der Waals surface area contributed by atoms with Crippen molar-refractivity contribution >= 4 is 29.2 Å². The number of nitrogens with zero attached hydrogens (tertiary/aromatic N) is 2. The number of aliphatic hydroxyl groups is 2. The van der Waals surface area contributed by atoms with Gasteiger partial charge in [-0.1, -0.05) is 0 Å². The maximum atomic E-state index is 13.2. The number of anilines is 2. The van der Waals surface area contributed by atoms with E-state index in [1.165, 1.54) is 0 Å². The number of imide groups is 2. The number of carbonyl (C=O) groups excluding carboxylic acids is 3. The molecule has 5 atom stereocenters. The number of ether oxygens (including phenoxy) is 1.